The van der Waals surface area contributed by atoms with Crippen LogP contribution in [0.4, 0.5) is 0 Å². The van der Waals surface area contributed by atoms with Crippen molar-refractivity contribution >= 4 is 17.6 Å². The molecule has 0 aliphatic rings. The molecular formula is C12H10ClN2O2-. The third kappa shape index (κ3) is 2.03. The number of carboxylic acids is 1. The quantitative estimate of drug-likeness (QED) is 0.899. The van der Waals surface area contributed by atoms with E-state index in [-0.39, 0.29) is 5.56 Å². The van der Waals surface area contributed by atoms with Crippen molar-refractivity contribution in [1.82, 2.24) is 10.2 Å². The summed E-state index contributed by atoms with van der Waals surface area (Å²) in [5, 5.41) is 18.3. The Morgan fingerprint density at radius 1 is 1.47 bits per heavy atom. The first-order chi connectivity index (χ1) is 8.15. The molecule has 1 aromatic heterocycles. The van der Waals surface area contributed by atoms with E-state index in [4.69, 9.17) is 11.6 Å². The third-order valence-corrected chi connectivity index (χ3v) is 2.86. The zero-order chi connectivity index (χ0) is 12.4. The number of aryl methyl sites for hydroxylation is 1. The van der Waals surface area contributed by atoms with Gasteiger partial charge in [0.2, 0.25) is 0 Å². The van der Waals surface area contributed by atoms with Crippen molar-refractivity contribution in [3.8, 4) is 11.3 Å². The van der Waals surface area contributed by atoms with Crippen LogP contribution in [0, 0.1) is 0 Å². The summed E-state index contributed by atoms with van der Waals surface area (Å²) < 4.78 is 0. The number of halogens is 1. The number of H-pyrrole nitrogens is 1. The molecule has 0 fully saturated rings. The van der Waals surface area contributed by atoms with Crippen molar-refractivity contribution in [2.24, 2.45) is 0 Å². The van der Waals surface area contributed by atoms with Crippen molar-refractivity contribution in [3.05, 3.63) is 40.5 Å². The lowest BCUT2D eigenvalue weighted by atomic mass is 10.1. The number of carbonyl (C=O) groups excluding carboxylic acids is 1. The second kappa shape index (κ2) is 4.59. The van der Waals surface area contributed by atoms with Gasteiger partial charge in [-0.05, 0) is 12.5 Å². The number of nitrogens with zero attached hydrogens (tertiary/aromatic N) is 1. The average molecular weight is 250 g/mol. The first-order valence-corrected chi connectivity index (χ1v) is 5.56. The van der Waals surface area contributed by atoms with E-state index in [1.54, 1.807) is 24.3 Å². The number of nitrogens with one attached hydrogen (secondary N) is 1. The number of aromatic amines is 1. The molecule has 0 aliphatic carbocycles. The van der Waals surface area contributed by atoms with Crippen LogP contribution in [0.1, 0.15) is 23.0 Å². The van der Waals surface area contributed by atoms with E-state index in [2.05, 4.69) is 10.2 Å². The normalized spacial score (nSPS) is 10.5. The van der Waals surface area contributed by atoms with E-state index in [1.165, 1.54) is 0 Å². The predicted octanol–water partition coefficient (Wildman–Crippen LogP) is 1.66. The molecule has 88 valence electrons. The number of aromatic nitrogens is 2. The van der Waals surface area contributed by atoms with Crippen molar-refractivity contribution in [3.63, 3.8) is 0 Å². The van der Waals surface area contributed by atoms with Crippen LogP contribution in [0.25, 0.3) is 11.3 Å². The third-order valence-electron chi connectivity index (χ3n) is 2.53. The zero-order valence-corrected chi connectivity index (χ0v) is 9.91. The summed E-state index contributed by atoms with van der Waals surface area (Å²) in [5.74, 6) is -1.24. The lowest BCUT2D eigenvalue weighted by Gasteiger charge is -2.06. The summed E-state index contributed by atoms with van der Waals surface area (Å²) in [6.07, 6.45) is 0.542. The van der Waals surface area contributed by atoms with E-state index in [0.29, 0.717) is 28.4 Å². The Balaban J connectivity index is 2.64. The predicted molar refractivity (Wildman–Crippen MR) is 62.7 cm³/mol. The van der Waals surface area contributed by atoms with Gasteiger partial charge in [-0.1, -0.05) is 36.7 Å². The number of hydrogen-bond acceptors (Lipinski definition) is 3. The molecule has 0 amide bonds. The first kappa shape index (κ1) is 11.7. The molecule has 2 rings (SSSR count). The number of aromatic carboxylic acids is 1. The number of rotatable bonds is 3. The van der Waals surface area contributed by atoms with Crippen LogP contribution >= 0.6 is 11.6 Å². The van der Waals surface area contributed by atoms with Crippen LogP contribution < -0.4 is 5.11 Å². The van der Waals surface area contributed by atoms with Gasteiger partial charge in [0.05, 0.1) is 11.0 Å². The first-order valence-electron chi connectivity index (χ1n) is 5.18. The van der Waals surface area contributed by atoms with Crippen LogP contribution in [0.15, 0.2) is 24.3 Å². The molecule has 0 saturated carbocycles. The zero-order valence-electron chi connectivity index (χ0n) is 9.16. The lowest BCUT2D eigenvalue weighted by Crippen LogP contribution is -2.23. The molecule has 0 aliphatic heterocycles. The van der Waals surface area contributed by atoms with E-state index in [0.717, 1.165) is 0 Å². The van der Waals surface area contributed by atoms with Gasteiger partial charge in [0.1, 0.15) is 5.69 Å². The summed E-state index contributed by atoms with van der Waals surface area (Å²) in [4.78, 5) is 11.1. The van der Waals surface area contributed by atoms with Crippen LogP contribution in [0.5, 0.6) is 0 Å². The smallest absolute Gasteiger partial charge is 0.103 e. The van der Waals surface area contributed by atoms with Gasteiger partial charge in [0.15, 0.2) is 0 Å². The molecule has 1 aromatic carbocycles. The maximum absolute atomic E-state index is 11.1. The minimum atomic E-state index is -1.24. The number of carboxylic acid groups (broad SMARTS) is 1. The summed E-state index contributed by atoms with van der Waals surface area (Å²) >= 11 is 6.02. The number of benzene rings is 1. The maximum atomic E-state index is 11.1. The molecule has 0 unspecified atom stereocenters. The summed E-state index contributed by atoms with van der Waals surface area (Å²) in [6, 6.07) is 6.97. The minimum absolute atomic E-state index is 0.0839. The van der Waals surface area contributed by atoms with Crippen LogP contribution in [-0.2, 0) is 6.42 Å². The molecule has 0 atom stereocenters. The fourth-order valence-corrected chi connectivity index (χ4v) is 1.93. The van der Waals surface area contributed by atoms with Gasteiger partial charge >= 0.3 is 0 Å². The average Bonchev–Trinajstić information content (AvgIpc) is 2.73. The molecule has 2 aromatic rings. The molecule has 0 radical (unpaired) electrons. The van der Waals surface area contributed by atoms with Crippen LogP contribution in [-0.4, -0.2) is 16.2 Å². The van der Waals surface area contributed by atoms with Gasteiger partial charge in [0.25, 0.3) is 0 Å². The minimum Gasteiger partial charge on any atom is -0.545 e. The van der Waals surface area contributed by atoms with E-state index in [1.807, 2.05) is 6.92 Å². The number of hydrogen-bond donors (Lipinski definition) is 1. The summed E-state index contributed by atoms with van der Waals surface area (Å²) in [7, 11) is 0. The van der Waals surface area contributed by atoms with Crippen molar-refractivity contribution in [2.75, 3.05) is 0 Å². The molecule has 0 spiro atoms. The summed E-state index contributed by atoms with van der Waals surface area (Å²) in [5.41, 5.74) is 1.54. The maximum Gasteiger partial charge on any atom is 0.103 e. The van der Waals surface area contributed by atoms with E-state index < -0.39 is 5.97 Å². The fourth-order valence-electron chi connectivity index (χ4n) is 1.70. The number of carbonyl (C=O) groups is 1. The van der Waals surface area contributed by atoms with E-state index in [9.17, 15) is 9.90 Å². The fraction of sp³-hybridized carbons (Fsp3) is 0.167. The molecule has 1 heterocycles. The van der Waals surface area contributed by atoms with Gasteiger partial charge in [0, 0.05) is 16.8 Å². The Bertz CT molecular complexity index is 563. The van der Waals surface area contributed by atoms with Gasteiger partial charge in [-0.25, -0.2) is 0 Å². The molecule has 17 heavy (non-hydrogen) atoms. The molecule has 4 nitrogen and oxygen atoms in total. The van der Waals surface area contributed by atoms with Crippen molar-refractivity contribution < 1.29 is 9.90 Å². The molecule has 0 bridgehead atoms. The monoisotopic (exact) mass is 249 g/mol. The standard InChI is InChI=1S/C12H11ClN2O2/c1-2-9-10(12(16)17)11(15-14-9)7-5-3-4-6-8(7)13/h3-6H,2H2,1H3,(H,14,15)(H,16,17)/p-1. The summed E-state index contributed by atoms with van der Waals surface area (Å²) in [6.45, 7) is 1.84. The van der Waals surface area contributed by atoms with Gasteiger partial charge in [-0.2, -0.15) is 5.10 Å². The highest BCUT2D eigenvalue weighted by atomic mass is 35.5. The molecule has 1 N–H and O–H groups in total. The van der Waals surface area contributed by atoms with Crippen molar-refractivity contribution in [2.45, 2.75) is 13.3 Å². The van der Waals surface area contributed by atoms with E-state index >= 15 is 0 Å². The van der Waals surface area contributed by atoms with Crippen LogP contribution in [0.3, 0.4) is 0 Å². The van der Waals surface area contributed by atoms with Gasteiger partial charge < -0.3 is 9.90 Å². The van der Waals surface area contributed by atoms with Crippen molar-refractivity contribution in [1.29, 1.82) is 0 Å². The van der Waals surface area contributed by atoms with Gasteiger partial charge in [-0.15, -0.1) is 0 Å². The Morgan fingerprint density at radius 2 is 2.18 bits per heavy atom. The lowest BCUT2D eigenvalue weighted by molar-refractivity contribution is -0.255. The molecular weight excluding hydrogens is 240 g/mol. The SMILES string of the molecule is CCc1[nH]nc(-c2ccccc2Cl)c1C(=O)[O-]. The van der Waals surface area contributed by atoms with Crippen LogP contribution in [0.2, 0.25) is 5.02 Å². The molecule has 5 heteroatoms. The highest BCUT2D eigenvalue weighted by Gasteiger charge is 2.16. The topological polar surface area (TPSA) is 68.8 Å². The highest BCUT2D eigenvalue weighted by molar-refractivity contribution is 6.33. The largest absolute Gasteiger partial charge is 0.545 e. The Hall–Kier alpha value is -1.81. The second-order valence-electron chi connectivity index (χ2n) is 3.55. The molecule has 0 saturated heterocycles. The van der Waals surface area contributed by atoms with Gasteiger partial charge in [-0.3, -0.25) is 5.10 Å². The second-order valence-corrected chi connectivity index (χ2v) is 3.95. The highest BCUT2D eigenvalue weighted by Crippen LogP contribution is 2.29. The Kier molecular flexibility index (Phi) is 3.15. The Morgan fingerprint density at radius 3 is 2.76 bits per heavy atom. The Labute approximate surface area is 103 Å².